The Labute approximate surface area is 123 Å². The maximum Gasteiger partial charge on any atom is 0.226 e. The molecule has 0 saturated heterocycles. The van der Waals surface area contributed by atoms with Crippen LogP contribution in [-0.2, 0) is 11.3 Å². The Balaban J connectivity index is 1.75. The first-order chi connectivity index (χ1) is 10.4. The van der Waals surface area contributed by atoms with Crippen LogP contribution in [0.4, 0.5) is 0 Å². The van der Waals surface area contributed by atoms with Crippen molar-refractivity contribution in [3.05, 3.63) is 54.4 Å². The van der Waals surface area contributed by atoms with Crippen molar-refractivity contribution in [2.45, 2.75) is 6.54 Å². The SMILES string of the molecule is COCCNCc1coc(-c2ccc3ccccc3c2)n1. The van der Waals surface area contributed by atoms with Gasteiger partial charge in [-0.1, -0.05) is 30.3 Å². The van der Waals surface area contributed by atoms with Crippen LogP contribution < -0.4 is 5.32 Å². The van der Waals surface area contributed by atoms with E-state index in [1.807, 2.05) is 18.2 Å². The number of hydrogen-bond acceptors (Lipinski definition) is 4. The summed E-state index contributed by atoms with van der Waals surface area (Å²) < 4.78 is 10.6. The van der Waals surface area contributed by atoms with E-state index in [4.69, 9.17) is 9.15 Å². The first-order valence-electron chi connectivity index (χ1n) is 7.00. The van der Waals surface area contributed by atoms with Gasteiger partial charge in [0.2, 0.25) is 5.89 Å². The maximum absolute atomic E-state index is 5.57. The topological polar surface area (TPSA) is 47.3 Å². The van der Waals surface area contributed by atoms with Crippen molar-refractivity contribution in [2.75, 3.05) is 20.3 Å². The number of ether oxygens (including phenoxy) is 1. The average molecular weight is 282 g/mol. The van der Waals surface area contributed by atoms with Crippen molar-refractivity contribution in [3.8, 4) is 11.5 Å². The van der Waals surface area contributed by atoms with Gasteiger partial charge in [-0.3, -0.25) is 0 Å². The quantitative estimate of drug-likeness (QED) is 0.705. The largest absolute Gasteiger partial charge is 0.444 e. The smallest absolute Gasteiger partial charge is 0.226 e. The van der Waals surface area contributed by atoms with Gasteiger partial charge in [0.25, 0.3) is 0 Å². The van der Waals surface area contributed by atoms with E-state index >= 15 is 0 Å². The summed E-state index contributed by atoms with van der Waals surface area (Å²) in [7, 11) is 1.69. The Kier molecular flexibility index (Phi) is 4.28. The van der Waals surface area contributed by atoms with Crippen molar-refractivity contribution in [3.63, 3.8) is 0 Å². The van der Waals surface area contributed by atoms with Crippen molar-refractivity contribution >= 4 is 10.8 Å². The minimum Gasteiger partial charge on any atom is -0.444 e. The highest BCUT2D eigenvalue weighted by Gasteiger charge is 2.07. The van der Waals surface area contributed by atoms with Gasteiger partial charge in [-0.25, -0.2) is 4.98 Å². The van der Waals surface area contributed by atoms with E-state index in [-0.39, 0.29) is 0 Å². The van der Waals surface area contributed by atoms with Gasteiger partial charge in [-0.2, -0.15) is 0 Å². The molecule has 1 aromatic heterocycles. The van der Waals surface area contributed by atoms with Crippen LogP contribution in [0.3, 0.4) is 0 Å². The third-order valence-electron chi connectivity index (χ3n) is 3.34. The van der Waals surface area contributed by atoms with Gasteiger partial charge < -0.3 is 14.5 Å². The molecule has 0 saturated carbocycles. The zero-order valence-electron chi connectivity index (χ0n) is 12.0. The molecular formula is C17H18N2O2. The summed E-state index contributed by atoms with van der Waals surface area (Å²) in [5.74, 6) is 0.657. The van der Waals surface area contributed by atoms with Crippen LogP contribution in [0.2, 0.25) is 0 Å². The van der Waals surface area contributed by atoms with Crippen LogP contribution in [0.15, 0.2) is 53.1 Å². The fourth-order valence-corrected chi connectivity index (χ4v) is 2.23. The highest BCUT2D eigenvalue weighted by atomic mass is 16.5. The second kappa shape index (κ2) is 6.52. The Morgan fingerprint density at radius 2 is 2.00 bits per heavy atom. The van der Waals surface area contributed by atoms with Crippen LogP contribution in [-0.4, -0.2) is 25.2 Å². The molecule has 0 atom stereocenters. The molecule has 1 N–H and O–H groups in total. The minimum atomic E-state index is 0.657. The lowest BCUT2D eigenvalue weighted by molar-refractivity contribution is 0.199. The number of nitrogens with one attached hydrogen (secondary N) is 1. The fraction of sp³-hybridized carbons (Fsp3) is 0.235. The second-order valence-corrected chi connectivity index (χ2v) is 4.88. The molecule has 0 spiro atoms. The molecule has 0 aliphatic rings. The molecule has 4 heteroatoms. The highest BCUT2D eigenvalue weighted by Crippen LogP contribution is 2.23. The normalized spacial score (nSPS) is 11.1. The number of methoxy groups -OCH3 is 1. The van der Waals surface area contributed by atoms with E-state index in [2.05, 4.69) is 34.6 Å². The molecule has 0 radical (unpaired) electrons. The average Bonchev–Trinajstić information content (AvgIpc) is 3.00. The summed E-state index contributed by atoms with van der Waals surface area (Å²) in [6.07, 6.45) is 1.70. The van der Waals surface area contributed by atoms with Gasteiger partial charge in [0, 0.05) is 25.8 Å². The van der Waals surface area contributed by atoms with Crippen LogP contribution in [0.25, 0.3) is 22.2 Å². The molecule has 1 heterocycles. The molecule has 0 unspecified atom stereocenters. The molecule has 2 aromatic carbocycles. The number of aromatic nitrogens is 1. The van der Waals surface area contributed by atoms with Crippen LogP contribution >= 0.6 is 0 Å². The number of benzene rings is 2. The van der Waals surface area contributed by atoms with Crippen LogP contribution in [0.1, 0.15) is 5.69 Å². The monoisotopic (exact) mass is 282 g/mol. The first kappa shape index (κ1) is 13.8. The number of rotatable bonds is 6. The molecule has 0 aliphatic heterocycles. The predicted octanol–water partition coefficient (Wildman–Crippen LogP) is 3.23. The molecule has 3 rings (SSSR count). The highest BCUT2D eigenvalue weighted by molar-refractivity contribution is 5.86. The Morgan fingerprint density at radius 3 is 2.86 bits per heavy atom. The maximum atomic E-state index is 5.57. The third kappa shape index (κ3) is 3.29. The molecule has 21 heavy (non-hydrogen) atoms. The third-order valence-corrected chi connectivity index (χ3v) is 3.34. The molecule has 3 aromatic rings. The lowest BCUT2D eigenvalue weighted by Gasteiger charge is -2.00. The van der Waals surface area contributed by atoms with Gasteiger partial charge in [0.1, 0.15) is 6.26 Å². The van der Waals surface area contributed by atoms with Gasteiger partial charge in [0.05, 0.1) is 12.3 Å². The predicted molar refractivity (Wildman–Crippen MR) is 83.0 cm³/mol. The van der Waals surface area contributed by atoms with Crippen molar-refractivity contribution in [2.24, 2.45) is 0 Å². The van der Waals surface area contributed by atoms with Crippen molar-refractivity contribution in [1.29, 1.82) is 0 Å². The Morgan fingerprint density at radius 1 is 1.14 bits per heavy atom. The van der Waals surface area contributed by atoms with Gasteiger partial charge in [-0.15, -0.1) is 0 Å². The second-order valence-electron chi connectivity index (χ2n) is 4.88. The van der Waals surface area contributed by atoms with E-state index in [1.54, 1.807) is 13.4 Å². The minimum absolute atomic E-state index is 0.657. The van der Waals surface area contributed by atoms with Gasteiger partial charge in [-0.05, 0) is 22.9 Å². The molecule has 0 fully saturated rings. The Bertz CT molecular complexity index is 721. The summed E-state index contributed by atoms with van der Waals surface area (Å²) in [4.78, 5) is 4.51. The van der Waals surface area contributed by atoms with E-state index in [0.717, 1.165) is 17.8 Å². The van der Waals surface area contributed by atoms with Crippen molar-refractivity contribution in [1.82, 2.24) is 10.3 Å². The lowest BCUT2D eigenvalue weighted by atomic mass is 10.1. The van der Waals surface area contributed by atoms with E-state index in [1.165, 1.54) is 10.8 Å². The fourth-order valence-electron chi connectivity index (χ4n) is 2.23. The lowest BCUT2D eigenvalue weighted by Crippen LogP contribution is -2.18. The number of oxazole rings is 1. The first-order valence-corrected chi connectivity index (χ1v) is 7.00. The number of nitrogens with zero attached hydrogens (tertiary/aromatic N) is 1. The Hall–Kier alpha value is -2.17. The molecular weight excluding hydrogens is 264 g/mol. The summed E-state index contributed by atoms with van der Waals surface area (Å²) in [6.45, 7) is 2.17. The zero-order chi connectivity index (χ0) is 14.5. The van der Waals surface area contributed by atoms with Gasteiger partial charge >= 0.3 is 0 Å². The van der Waals surface area contributed by atoms with Crippen LogP contribution in [0, 0.1) is 0 Å². The summed E-state index contributed by atoms with van der Waals surface area (Å²) >= 11 is 0. The molecule has 0 bridgehead atoms. The van der Waals surface area contributed by atoms with Crippen LogP contribution in [0.5, 0.6) is 0 Å². The molecule has 108 valence electrons. The summed E-state index contributed by atoms with van der Waals surface area (Å²) in [5, 5.41) is 5.65. The van der Waals surface area contributed by atoms with Crippen molar-refractivity contribution < 1.29 is 9.15 Å². The van der Waals surface area contributed by atoms with E-state index in [0.29, 0.717) is 19.0 Å². The van der Waals surface area contributed by atoms with E-state index < -0.39 is 0 Å². The van der Waals surface area contributed by atoms with Gasteiger partial charge in [0.15, 0.2) is 0 Å². The summed E-state index contributed by atoms with van der Waals surface area (Å²) in [5.41, 5.74) is 1.89. The molecule has 0 amide bonds. The van der Waals surface area contributed by atoms with E-state index in [9.17, 15) is 0 Å². The molecule has 0 aliphatic carbocycles. The zero-order valence-corrected chi connectivity index (χ0v) is 12.0. The summed E-state index contributed by atoms with van der Waals surface area (Å²) in [6, 6.07) is 14.5. The molecule has 4 nitrogen and oxygen atoms in total. The standard InChI is InChI=1S/C17H18N2O2/c1-20-9-8-18-11-16-12-21-17(19-16)15-7-6-13-4-2-3-5-14(13)10-15/h2-7,10,12,18H,8-9,11H2,1H3. The number of hydrogen-bond donors (Lipinski definition) is 1. The number of fused-ring (bicyclic) bond motifs is 1.